The van der Waals surface area contributed by atoms with E-state index in [1.165, 1.54) is 6.33 Å². The molecule has 0 radical (unpaired) electrons. The SMILES string of the molecule is CC(Nc1ncnc2nn(C)cc12)c1ccc(-n2ccnn2)cc1. The first kappa shape index (κ1) is 14.3. The monoisotopic (exact) mass is 320 g/mol. The molecule has 0 saturated carbocycles. The van der Waals surface area contributed by atoms with Gasteiger partial charge < -0.3 is 5.32 Å². The predicted molar refractivity (Wildman–Crippen MR) is 89.7 cm³/mol. The van der Waals surface area contributed by atoms with Crippen LogP contribution in [0.4, 0.5) is 5.82 Å². The first-order chi connectivity index (χ1) is 11.7. The summed E-state index contributed by atoms with van der Waals surface area (Å²) >= 11 is 0. The lowest BCUT2D eigenvalue weighted by Gasteiger charge is -2.15. The molecular formula is C16H16N8. The van der Waals surface area contributed by atoms with Gasteiger partial charge in [-0.05, 0) is 24.6 Å². The van der Waals surface area contributed by atoms with Crippen molar-refractivity contribution >= 4 is 16.9 Å². The van der Waals surface area contributed by atoms with E-state index >= 15 is 0 Å². The second kappa shape index (κ2) is 5.73. The Labute approximate surface area is 138 Å². The van der Waals surface area contributed by atoms with Crippen LogP contribution in [-0.2, 0) is 7.05 Å². The van der Waals surface area contributed by atoms with Crippen LogP contribution in [0.25, 0.3) is 16.7 Å². The number of anilines is 1. The molecule has 0 saturated heterocycles. The quantitative estimate of drug-likeness (QED) is 0.620. The maximum absolute atomic E-state index is 4.35. The molecule has 8 nitrogen and oxygen atoms in total. The van der Waals surface area contributed by atoms with Gasteiger partial charge in [0, 0.05) is 19.3 Å². The third-order valence-corrected chi connectivity index (χ3v) is 3.86. The topological polar surface area (TPSA) is 86.3 Å². The lowest BCUT2D eigenvalue weighted by Crippen LogP contribution is -2.08. The summed E-state index contributed by atoms with van der Waals surface area (Å²) in [5.74, 6) is 0.779. The van der Waals surface area contributed by atoms with E-state index in [0.717, 1.165) is 22.5 Å². The van der Waals surface area contributed by atoms with E-state index in [-0.39, 0.29) is 6.04 Å². The molecule has 24 heavy (non-hydrogen) atoms. The number of aromatic nitrogens is 7. The van der Waals surface area contributed by atoms with E-state index in [4.69, 9.17) is 0 Å². The minimum absolute atomic E-state index is 0.0908. The fourth-order valence-electron chi connectivity index (χ4n) is 2.62. The lowest BCUT2D eigenvalue weighted by atomic mass is 10.1. The molecule has 1 atom stereocenters. The summed E-state index contributed by atoms with van der Waals surface area (Å²) in [6.07, 6.45) is 6.92. The number of nitrogens with one attached hydrogen (secondary N) is 1. The van der Waals surface area contributed by atoms with Crippen molar-refractivity contribution in [2.24, 2.45) is 7.05 Å². The first-order valence-electron chi connectivity index (χ1n) is 7.58. The second-order valence-electron chi connectivity index (χ2n) is 5.57. The van der Waals surface area contributed by atoms with Crippen LogP contribution in [0.2, 0.25) is 0 Å². The molecule has 4 aromatic rings. The lowest BCUT2D eigenvalue weighted by molar-refractivity contribution is 0.775. The number of aryl methyl sites for hydroxylation is 1. The molecule has 1 aromatic carbocycles. The number of hydrogen-bond donors (Lipinski definition) is 1. The molecule has 0 bridgehead atoms. The van der Waals surface area contributed by atoms with Gasteiger partial charge in [-0.3, -0.25) is 4.68 Å². The van der Waals surface area contributed by atoms with Gasteiger partial charge in [0.25, 0.3) is 0 Å². The van der Waals surface area contributed by atoms with Crippen LogP contribution in [0.1, 0.15) is 18.5 Å². The predicted octanol–water partition coefficient (Wildman–Crippen LogP) is 2.12. The molecule has 3 heterocycles. The van der Waals surface area contributed by atoms with Crippen molar-refractivity contribution in [3.63, 3.8) is 0 Å². The van der Waals surface area contributed by atoms with E-state index in [2.05, 4.69) is 49.8 Å². The summed E-state index contributed by atoms with van der Waals surface area (Å²) in [7, 11) is 1.87. The van der Waals surface area contributed by atoms with E-state index in [9.17, 15) is 0 Å². The minimum atomic E-state index is 0.0908. The largest absolute Gasteiger partial charge is 0.363 e. The molecule has 120 valence electrons. The smallest absolute Gasteiger partial charge is 0.186 e. The van der Waals surface area contributed by atoms with Crippen molar-refractivity contribution in [1.82, 2.24) is 34.7 Å². The van der Waals surface area contributed by atoms with Gasteiger partial charge in [-0.1, -0.05) is 17.3 Å². The first-order valence-corrected chi connectivity index (χ1v) is 7.58. The molecule has 3 aromatic heterocycles. The van der Waals surface area contributed by atoms with Crippen LogP contribution in [0.5, 0.6) is 0 Å². The molecule has 1 N–H and O–H groups in total. The summed E-state index contributed by atoms with van der Waals surface area (Å²) in [6.45, 7) is 2.09. The van der Waals surface area contributed by atoms with Crippen LogP contribution in [0.15, 0.2) is 49.2 Å². The van der Waals surface area contributed by atoms with Crippen LogP contribution in [0, 0.1) is 0 Å². The summed E-state index contributed by atoms with van der Waals surface area (Å²) < 4.78 is 3.47. The van der Waals surface area contributed by atoms with E-state index in [1.807, 2.05) is 31.6 Å². The van der Waals surface area contributed by atoms with E-state index in [0.29, 0.717) is 5.65 Å². The molecule has 0 aliphatic carbocycles. The fraction of sp³-hybridized carbons (Fsp3) is 0.188. The second-order valence-corrected chi connectivity index (χ2v) is 5.57. The average Bonchev–Trinajstić information content (AvgIpc) is 3.24. The van der Waals surface area contributed by atoms with Crippen molar-refractivity contribution < 1.29 is 0 Å². The van der Waals surface area contributed by atoms with Crippen molar-refractivity contribution in [2.45, 2.75) is 13.0 Å². The normalized spacial score (nSPS) is 12.4. The van der Waals surface area contributed by atoms with Gasteiger partial charge in [0.1, 0.15) is 12.1 Å². The van der Waals surface area contributed by atoms with Gasteiger partial charge in [0.05, 0.1) is 23.5 Å². The molecule has 0 spiro atoms. The van der Waals surface area contributed by atoms with Crippen LogP contribution < -0.4 is 5.32 Å². The number of rotatable bonds is 4. The molecular weight excluding hydrogens is 304 g/mol. The van der Waals surface area contributed by atoms with Gasteiger partial charge in [-0.2, -0.15) is 5.10 Å². The molecule has 0 amide bonds. The third-order valence-electron chi connectivity index (χ3n) is 3.86. The van der Waals surface area contributed by atoms with Crippen molar-refractivity contribution in [2.75, 3.05) is 5.32 Å². The van der Waals surface area contributed by atoms with E-state index in [1.54, 1.807) is 15.6 Å². The van der Waals surface area contributed by atoms with Crippen LogP contribution in [0.3, 0.4) is 0 Å². The highest BCUT2D eigenvalue weighted by Crippen LogP contribution is 2.23. The summed E-state index contributed by atoms with van der Waals surface area (Å²) in [5.41, 5.74) is 2.80. The zero-order valence-corrected chi connectivity index (χ0v) is 13.3. The Kier molecular flexibility index (Phi) is 3.42. The maximum atomic E-state index is 4.35. The fourth-order valence-corrected chi connectivity index (χ4v) is 2.62. The summed E-state index contributed by atoms with van der Waals surface area (Å²) in [4.78, 5) is 8.53. The van der Waals surface area contributed by atoms with E-state index < -0.39 is 0 Å². The Balaban J connectivity index is 1.58. The van der Waals surface area contributed by atoms with Crippen LogP contribution >= 0.6 is 0 Å². The summed E-state index contributed by atoms with van der Waals surface area (Å²) in [6, 6.07) is 8.25. The molecule has 4 rings (SSSR count). The summed E-state index contributed by atoms with van der Waals surface area (Å²) in [5, 5.41) is 16.5. The number of benzene rings is 1. The Bertz CT molecular complexity index is 956. The van der Waals surface area contributed by atoms with Gasteiger partial charge in [0.2, 0.25) is 0 Å². The Morgan fingerprint density at radius 1 is 1.12 bits per heavy atom. The number of fused-ring (bicyclic) bond motifs is 1. The molecule has 0 fully saturated rings. The number of hydrogen-bond acceptors (Lipinski definition) is 6. The highest BCUT2D eigenvalue weighted by molar-refractivity contribution is 5.85. The third kappa shape index (κ3) is 2.58. The van der Waals surface area contributed by atoms with Crippen molar-refractivity contribution in [1.29, 1.82) is 0 Å². The van der Waals surface area contributed by atoms with Gasteiger partial charge in [0.15, 0.2) is 5.65 Å². The van der Waals surface area contributed by atoms with Gasteiger partial charge >= 0.3 is 0 Å². The van der Waals surface area contributed by atoms with Gasteiger partial charge in [-0.25, -0.2) is 14.6 Å². The molecule has 0 aliphatic rings. The van der Waals surface area contributed by atoms with Crippen molar-refractivity contribution in [3.8, 4) is 5.69 Å². The van der Waals surface area contributed by atoms with Gasteiger partial charge in [-0.15, -0.1) is 5.10 Å². The Morgan fingerprint density at radius 3 is 2.71 bits per heavy atom. The maximum Gasteiger partial charge on any atom is 0.186 e. The number of nitrogens with zero attached hydrogens (tertiary/aromatic N) is 7. The zero-order chi connectivity index (χ0) is 16.5. The highest BCUT2D eigenvalue weighted by Gasteiger charge is 2.11. The average molecular weight is 320 g/mol. The van der Waals surface area contributed by atoms with Crippen LogP contribution in [-0.4, -0.2) is 34.7 Å². The molecule has 8 heteroatoms. The molecule has 0 aliphatic heterocycles. The highest BCUT2D eigenvalue weighted by atomic mass is 15.4. The van der Waals surface area contributed by atoms with Crippen molar-refractivity contribution in [3.05, 3.63) is 54.7 Å². The minimum Gasteiger partial charge on any atom is -0.363 e. The molecule has 1 unspecified atom stereocenters. The zero-order valence-electron chi connectivity index (χ0n) is 13.3. The Hall–Kier alpha value is -3.29. The Morgan fingerprint density at radius 2 is 1.96 bits per heavy atom. The standard InChI is InChI=1S/C16H16N8/c1-11(12-3-5-13(6-4-12)24-8-7-19-22-24)20-15-14-9-23(2)21-16(14)18-10-17-15/h3-11H,1-2H3,(H,17,18,20,21).